The van der Waals surface area contributed by atoms with Crippen molar-refractivity contribution in [2.24, 2.45) is 5.10 Å². The molecule has 4 aromatic rings. The number of fused-ring (bicyclic) bond motifs is 1. The van der Waals surface area contributed by atoms with Gasteiger partial charge in [-0.2, -0.15) is 5.10 Å². The maximum Gasteiger partial charge on any atom is 0.271 e. The number of benzene rings is 3. The quantitative estimate of drug-likeness (QED) is 0.242. The van der Waals surface area contributed by atoms with Crippen molar-refractivity contribution in [1.82, 2.24) is 9.99 Å². The smallest absolute Gasteiger partial charge is 0.271 e. The van der Waals surface area contributed by atoms with E-state index in [2.05, 4.69) is 10.5 Å². The molecule has 1 aromatic heterocycles. The molecule has 0 radical (unpaired) electrons. The van der Waals surface area contributed by atoms with Gasteiger partial charge in [0, 0.05) is 46.9 Å². The molecule has 0 bridgehead atoms. The van der Waals surface area contributed by atoms with E-state index in [0.717, 1.165) is 22.0 Å². The Labute approximate surface area is 190 Å². The maximum absolute atomic E-state index is 12.4. The summed E-state index contributed by atoms with van der Waals surface area (Å²) < 4.78 is 7.44. The molecule has 8 nitrogen and oxygen atoms in total. The van der Waals surface area contributed by atoms with Crippen LogP contribution in [-0.4, -0.2) is 28.2 Å². The highest BCUT2D eigenvalue weighted by Crippen LogP contribution is 2.22. The zero-order valence-electron chi connectivity index (χ0n) is 18.0. The normalized spacial score (nSPS) is 11.1. The number of hydrazone groups is 1. The minimum absolute atomic E-state index is 0.0622. The van der Waals surface area contributed by atoms with Crippen LogP contribution in [0.3, 0.4) is 0 Å². The van der Waals surface area contributed by atoms with Crippen molar-refractivity contribution < 1.29 is 14.5 Å². The first-order valence-corrected chi connectivity index (χ1v) is 10.4. The molecule has 1 amide bonds. The fraction of sp³-hybridized carbons (Fsp3) is 0.120. The van der Waals surface area contributed by atoms with Gasteiger partial charge in [0.05, 0.1) is 17.7 Å². The summed E-state index contributed by atoms with van der Waals surface area (Å²) in [5.41, 5.74) is 5.88. The van der Waals surface area contributed by atoms with Crippen LogP contribution in [0.2, 0.25) is 0 Å². The first-order valence-electron chi connectivity index (χ1n) is 10.4. The van der Waals surface area contributed by atoms with Gasteiger partial charge in [0.15, 0.2) is 0 Å². The molecule has 3 aromatic carbocycles. The number of nitrogens with zero attached hydrogens (tertiary/aromatic N) is 3. The van der Waals surface area contributed by atoms with E-state index in [1.807, 2.05) is 42.0 Å². The van der Waals surface area contributed by atoms with Crippen LogP contribution in [0.25, 0.3) is 10.9 Å². The zero-order valence-corrected chi connectivity index (χ0v) is 18.0. The van der Waals surface area contributed by atoms with Gasteiger partial charge in [-0.05, 0) is 42.8 Å². The van der Waals surface area contributed by atoms with Crippen molar-refractivity contribution in [3.63, 3.8) is 0 Å². The minimum atomic E-state index is -0.412. The molecule has 1 heterocycles. The average Bonchev–Trinajstić information content (AvgIpc) is 3.17. The van der Waals surface area contributed by atoms with Crippen molar-refractivity contribution >= 4 is 28.7 Å². The third kappa shape index (κ3) is 5.07. The van der Waals surface area contributed by atoms with E-state index in [-0.39, 0.29) is 11.6 Å². The Morgan fingerprint density at radius 3 is 2.52 bits per heavy atom. The van der Waals surface area contributed by atoms with Gasteiger partial charge in [-0.15, -0.1) is 0 Å². The SMILES string of the molecule is CCOc1ccc(C(=O)N/N=C/c2cn(Cc3ccc([N+](=O)[O-])cc3)c3ccccc23)cc1. The van der Waals surface area contributed by atoms with Gasteiger partial charge in [-0.1, -0.05) is 30.3 Å². The van der Waals surface area contributed by atoms with E-state index in [1.165, 1.54) is 12.1 Å². The predicted molar refractivity (Wildman–Crippen MR) is 127 cm³/mol. The largest absolute Gasteiger partial charge is 0.494 e. The lowest BCUT2D eigenvalue weighted by Crippen LogP contribution is -2.17. The Kier molecular flexibility index (Phi) is 6.45. The van der Waals surface area contributed by atoms with Crippen LogP contribution in [0, 0.1) is 10.1 Å². The van der Waals surface area contributed by atoms with Crippen LogP contribution in [0.5, 0.6) is 5.75 Å². The number of aromatic nitrogens is 1. The number of carbonyl (C=O) groups is 1. The Morgan fingerprint density at radius 2 is 1.82 bits per heavy atom. The van der Waals surface area contributed by atoms with Gasteiger partial charge in [-0.3, -0.25) is 14.9 Å². The first-order chi connectivity index (χ1) is 16.0. The van der Waals surface area contributed by atoms with Gasteiger partial charge in [0.2, 0.25) is 0 Å². The summed E-state index contributed by atoms with van der Waals surface area (Å²) in [7, 11) is 0. The second kappa shape index (κ2) is 9.78. The van der Waals surface area contributed by atoms with Crippen molar-refractivity contribution in [2.75, 3.05) is 6.61 Å². The van der Waals surface area contributed by atoms with Crippen LogP contribution in [0.1, 0.15) is 28.4 Å². The molecule has 33 heavy (non-hydrogen) atoms. The van der Waals surface area contributed by atoms with Crippen LogP contribution in [0.15, 0.2) is 84.1 Å². The number of hydrogen-bond acceptors (Lipinski definition) is 5. The Bertz CT molecular complexity index is 1310. The predicted octanol–water partition coefficient (Wildman–Crippen LogP) is 4.76. The monoisotopic (exact) mass is 442 g/mol. The molecule has 0 aliphatic rings. The third-order valence-corrected chi connectivity index (χ3v) is 5.12. The molecule has 0 aliphatic heterocycles. The number of nitrogens with one attached hydrogen (secondary N) is 1. The number of para-hydroxylation sites is 1. The number of rotatable bonds is 8. The lowest BCUT2D eigenvalue weighted by Gasteiger charge is -2.05. The Balaban J connectivity index is 1.50. The van der Waals surface area contributed by atoms with E-state index < -0.39 is 4.92 Å². The highest BCUT2D eigenvalue weighted by molar-refractivity contribution is 6.00. The molecule has 1 N–H and O–H groups in total. The summed E-state index contributed by atoms with van der Waals surface area (Å²) in [6, 6.07) is 21.2. The van der Waals surface area contributed by atoms with Crippen molar-refractivity contribution in [3.8, 4) is 5.75 Å². The highest BCUT2D eigenvalue weighted by Gasteiger charge is 2.09. The fourth-order valence-corrected chi connectivity index (χ4v) is 3.52. The molecular formula is C25H22N4O4. The van der Waals surface area contributed by atoms with Gasteiger partial charge in [-0.25, -0.2) is 5.43 Å². The number of non-ortho nitro benzene ring substituents is 1. The summed E-state index contributed by atoms with van der Waals surface area (Å²) in [5.74, 6) is 0.391. The number of carbonyl (C=O) groups excluding carboxylic acids is 1. The number of nitro benzene ring substituents is 1. The van der Waals surface area contributed by atoms with E-state index in [9.17, 15) is 14.9 Å². The van der Waals surface area contributed by atoms with E-state index in [1.54, 1.807) is 42.6 Å². The van der Waals surface area contributed by atoms with Crippen LogP contribution >= 0.6 is 0 Å². The van der Waals surface area contributed by atoms with Gasteiger partial charge >= 0.3 is 0 Å². The summed E-state index contributed by atoms with van der Waals surface area (Å²) in [6.45, 7) is 3.01. The lowest BCUT2D eigenvalue weighted by atomic mass is 10.2. The summed E-state index contributed by atoms with van der Waals surface area (Å²) in [4.78, 5) is 22.8. The minimum Gasteiger partial charge on any atom is -0.494 e. The van der Waals surface area contributed by atoms with Crippen LogP contribution in [-0.2, 0) is 6.54 Å². The number of hydrogen-bond donors (Lipinski definition) is 1. The standard InChI is InChI=1S/C25H22N4O4/c1-2-33-22-13-9-19(10-14-22)25(30)27-26-15-20-17-28(24-6-4-3-5-23(20)24)16-18-7-11-21(12-8-18)29(31)32/h3-15,17H,2,16H2,1H3,(H,27,30)/b26-15+. The molecule has 4 rings (SSSR count). The molecule has 0 atom stereocenters. The maximum atomic E-state index is 12.4. The van der Waals surface area contributed by atoms with Gasteiger partial charge < -0.3 is 9.30 Å². The summed E-state index contributed by atoms with van der Waals surface area (Å²) in [6.07, 6.45) is 3.56. The van der Waals surface area contributed by atoms with Gasteiger partial charge in [0.1, 0.15) is 5.75 Å². The van der Waals surface area contributed by atoms with Crippen molar-refractivity contribution in [1.29, 1.82) is 0 Å². The fourth-order valence-electron chi connectivity index (χ4n) is 3.52. The molecule has 0 spiro atoms. The number of amides is 1. The molecule has 0 saturated heterocycles. The number of nitro groups is 1. The Morgan fingerprint density at radius 1 is 1.09 bits per heavy atom. The second-order valence-electron chi connectivity index (χ2n) is 7.31. The van der Waals surface area contributed by atoms with E-state index in [4.69, 9.17) is 4.74 Å². The second-order valence-corrected chi connectivity index (χ2v) is 7.31. The summed E-state index contributed by atoms with van der Waals surface area (Å²) in [5, 5.41) is 16.0. The summed E-state index contributed by atoms with van der Waals surface area (Å²) >= 11 is 0. The lowest BCUT2D eigenvalue weighted by molar-refractivity contribution is -0.384. The Hall–Kier alpha value is -4.46. The first kappa shape index (κ1) is 21.8. The van der Waals surface area contributed by atoms with Crippen molar-refractivity contribution in [3.05, 3.63) is 106 Å². The van der Waals surface area contributed by atoms with Crippen LogP contribution < -0.4 is 10.2 Å². The molecule has 0 aliphatic carbocycles. The molecular weight excluding hydrogens is 420 g/mol. The van der Waals surface area contributed by atoms with E-state index in [0.29, 0.717) is 24.5 Å². The van der Waals surface area contributed by atoms with Crippen LogP contribution in [0.4, 0.5) is 5.69 Å². The van der Waals surface area contributed by atoms with Crippen molar-refractivity contribution in [2.45, 2.75) is 13.5 Å². The molecule has 8 heteroatoms. The zero-order chi connectivity index (χ0) is 23.2. The number of ether oxygens (including phenoxy) is 1. The molecule has 0 fully saturated rings. The van der Waals surface area contributed by atoms with Gasteiger partial charge in [0.25, 0.3) is 11.6 Å². The molecule has 0 saturated carbocycles. The average molecular weight is 442 g/mol. The molecule has 166 valence electrons. The third-order valence-electron chi connectivity index (χ3n) is 5.12. The van der Waals surface area contributed by atoms with E-state index >= 15 is 0 Å². The molecule has 0 unspecified atom stereocenters. The highest BCUT2D eigenvalue weighted by atomic mass is 16.6. The topological polar surface area (TPSA) is 98.8 Å².